The third kappa shape index (κ3) is 16.8. The minimum Gasteiger partial charge on any atom is -0.872 e. The van der Waals surface area contributed by atoms with Gasteiger partial charge in [-0.2, -0.15) is 0 Å². The summed E-state index contributed by atoms with van der Waals surface area (Å²) in [6.45, 7) is 4.40. The number of phenols is 1. The molecule has 0 aromatic heterocycles. The van der Waals surface area contributed by atoms with Crippen molar-refractivity contribution in [2.75, 3.05) is 0 Å². The first-order chi connectivity index (χ1) is 18.3. The van der Waals surface area contributed by atoms with Crippen molar-refractivity contribution >= 4 is 49.7 Å². The number of carbonyl (C=O) groups excluding carboxylic acids is 1. The predicted octanol–water partition coefficient (Wildman–Crippen LogP) is 6.42. The molecule has 0 fully saturated rings. The molecule has 0 aliphatic heterocycles. The number of carboxylic acids is 2. The second kappa shape index (κ2) is 23.0. The van der Waals surface area contributed by atoms with Gasteiger partial charge in [-0.25, -0.2) is 4.79 Å². The number of benzene rings is 2. The fourth-order valence-electron chi connectivity index (χ4n) is 4.52. The molecule has 0 aliphatic rings. The van der Waals surface area contributed by atoms with Crippen molar-refractivity contribution in [3.63, 3.8) is 0 Å². The molecule has 0 unspecified atom stereocenters. The summed E-state index contributed by atoms with van der Waals surface area (Å²) in [7, 11) is 0. The Labute approximate surface area is 264 Å². The summed E-state index contributed by atoms with van der Waals surface area (Å²) < 4.78 is 0. The molecule has 39 heavy (non-hydrogen) atoms. The molecule has 0 spiro atoms. The first-order valence-corrected chi connectivity index (χ1v) is 14.4. The van der Waals surface area contributed by atoms with Gasteiger partial charge in [0.15, 0.2) is 0 Å². The number of hydrogen-bond donors (Lipinski definition) is 2. The zero-order valence-corrected chi connectivity index (χ0v) is 26.2. The average Bonchev–Trinajstić information content (AvgIpc) is 2.88. The number of aromatic carboxylic acids is 2. The number of aromatic hydroxyl groups is 1. The maximum atomic E-state index is 11.3. The van der Waals surface area contributed by atoms with Crippen molar-refractivity contribution in [1.82, 2.24) is 0 Å². The Morgan fingerprint density at radius 3 is 1.56 bits per heavy atom. The molecule has 0 radical (unpaired) electrons. The second-order valence-corrected chi connectivity index (χ2v) is 10.00. The summed E-state index contributed by atoms with van der Waals surface area (Å²) in [6, 6.07) is 8.53. The summed E-state index contributed by atoms with van der Waals surface area (Å²) in [5.41, 5.74) is 1.82. The molecule has 0 amide bonds. The summed E-state index contributed by atoms with van der Waals surface area (Å²) in [6.07, 6.45) is 18.0. The van der Waals surface area contributed by atoms with Gasteiger partial charge in [0.25, 0.3) is 0 Å². The van der Waals surface area contributed by atoms with Crippen molar-refractivity contribution < 1.29 is 30.0 Å². The van der Waals surface area contributed by atoms with E-state index in [9.17, 15) is 24.9 Å². The van der Waals surface area contributed by atoms with E-state index < -0.39 is 11.9 Å². The normalized spacial score (nSPS) is 10.3. The molecule has 212 valence electrons. The van der Waals surface area contributed by atoms with Gasteiger partial charge in [-0.3, -0.25) is 0 Å². The molecule has 6 nitrogen and oxygen atoms in total. The zero-order chi connectivity index (χ0) is 28.2. The van der Waals surface area contributed by atoms with E-state index in [4.69, 9.17) is 5.11 Å². The third-order valence-corrected chi connectivity index (χ3v) is 6.72. The van der Waals surface area contributed by atoms with E-state index in [2.05, 4.69) is 13.8 Å². The minimum absolute atomic E-state index is 0. The quantitative estimate of drug-likeness (QED) is 0.159. The van der Waals surface area contributed by atoms with E-state index in [0.717, 1.165) is 37.7 Å². The van der Waals surface area contributed by atoms with Crippen molar-refractivity contribution in [1.29, 1.82) is 0 Å². The number of carbonyl (C=O) groups is 2. The molecule has 2 aromatic carbocycles. The van der Waals surface area contributed by atoms with Gasteiger partial charge in [-0.15, -0.1) is 5.75 Å². The number of rotatable bonds is 18. The van der Waals surface area contributed by atoms with E-state index in [-0.39, 0.29) is 54.8 Å². The molecule has 0 bridgehead atoms. The number of hydrogen-bond acceptors (Lipinski definition) is 5. The van der Waals surface area contributed by atoms with E-state index in [0.29, 0.717) is 17.5 Å². The van der Waals surface area contributed by atoms with Crippen LogP contribution in [-0.4, -0.2) is 59.9 Å². The van der Waals surface area contributed by atoms with Gasteiger partial charge >= 0.3 is 43.7 Å². The number of unbranched alkanes of at least 4 members (excludes halogenated alkanes) is 12. The van der Waals surface area contributed by atoms with Crippen LogP contribution in [0.25, 0.3) is 0 Å². The van der Waals surface area contributed by atoms with E-state index >= 15 is 0 Å². The Morgan fingerprint density at radius 2 is 1.10 bits per heavy atom. The summed E-state index contributed by atoms with van der Waals surface area (Å²) in [4.78, 5) is 22.0. The van der Waals surface area contributed by atoms with Crippen LogP contribution < -0.4 is 10.2 Å². The predicted molar refractivity (Wildman–Crippen MR) is 154 cm³/mol. The number of phenolic OH excluding ortho intramolecular Hbond substituents is 1. The molecule has 0 atom stereocenters. The monoisotopic (exact) mass is 566 g/mol. The van der Waals surface area contributed by atoms with Crippen LogP contribution in [0, 0.1) is 0 Å². The van der Waals surface area contributed by atoms with Crippen LogP contribution in [0.5, 0.6) is 11.5 Å². The van der Waals surface area contributed by atoms with E-state index in [1.165, 1.54) is 94.5 Å². The molecule has 2 N–H and O–H groups in total. The largest absolute Gasteiger partial charge is 2.00 e. The fraction of sp³-hybridized carbons (Fsp3) is 0.562. The molecule has 0 saturated heterocycles. The van der Waals surface area contributed by atoms with Gasteiger partial charge in [0.2, 0.25) is 0 Å². The topological polar surface area (TPSA) is 121 Å². The summed E-state index contributed by atoms with van der Waals surface area (Å²) in [5.74, 6) is -2.11. The van der Waals surface area contributed by atoms with E-state index in [1.54, 1.807) is 6.07 Å². The van der Waals surface area contributed by atoms with Gasteiger partial charge in [0.05, 0.1) is 11.5 Å². The Bertz CT molecular complexity index is 882. The fourth-order valence-corrected chi connectivity index (χ4v) is 4.52. The van der Waals surface area contributed by atoms with Crippen molar-refractivity contribution in [2.45, 2.75) is 117 Å². The Morgan fingerprint density at radius 1 is 0.667 bits per heavy atom. The van der Waals surface area contributed by atoms with Crippen LogP contribution in [0.2, 0.25) is 0 Å². The molecule has 2 aromatic rings. The van der Waals surface area contributed by atoms with Gasteiger partial charge in [-0.05, 0) is 55.0 Å². The van der Waals surface area contributed by atoms with Crippen LogP contribution in [0.4, 0.5) is 0 Å². The smallest absolute Gasteiger partial charge is 0.872 e. The standard InChI is InChI=1S/2C16H24O3.Ca/c2*1-2-3-4-5-6-7-8-9-13-12-14(17)10-11-15(13)16(18)19;/h2*10-12,17H,2-9H2,1H3,(H,18,19);/q;;+2/p-2. The van der Waals surface area contributed by atoms with Crippen molar-refractivity contribution in [3.8, 4) is 11.5 Å². The van der Waals surface area contributed by atoms with Crippen LogP contribution in [0.3, 0.4) is 0 Å². The zero-order valence-electron chi connectivity index (χ0n) is 24.0. The van der Waals surface area contributed by atoms with Crippen LogP contribution in [-0.2, 0) is 12.8 Å². The summed E-state index contributed by atoms with van der Waals surface area (Å²) >= 11 is 0. The first-order valence-electron chi connectivity index (χ1n) is 14.4. The van der Waals surface area contributed by atoms with Crippen LogP contribution >= 0.6 is 0 Å². The molecule has 2 rings (SSSR count). The summed E-state index contributed by atoms with van der Waals surface area (Å²) in [5, 5.41) is 40.7. The Balaban J connectivity index is 0.000000722. The van der Waals surface area contributed by atoms with Crippen LogP contribution in [0.15, 0.2) is 36.4 Å². The van der Waals surface area contributed by atoms with Gasteiger partial charge < -0.3 is 25.2 Å². The molecule has 0 aliphatic carbocycles. The SMILES string of the molecule is CCCCCCCCCc1cc(O)ccc1C(=O)O.CCCCCCCCCc1cc([O-])ccc1C(=O)[O-].[Ca+2]. The number of aryl methyl sites for hydroxylation is 2. The third-order valence-electron chi connectivity index (χ3n) is 6.72. The van der Waals surface area contributed by atoms with Gasteiger partial charge in [-0.1, -0.05) is 109 Å². The van der Waals surface area contributed by atoms with Crippen molar-refractivity contribution in [2.24, 2.45) is 0 Å². The van der Waals surface area contributed by atoms with Crippen molar-refractivity contribution in [3.05, 3.63) is 58.7 Å². The van der Waals surface area contributed by atoms with E-state index in [1.807, 2.05) is 0 Å². The molecular weight excluding hydrogens is 520 g/mol. The molecule has 7 heteroatoms. The Kier molecular flexibility index (Phi) is 22.0. The molecular formula is C32H46CaO6. The maximum Gasteiger partial charge on any atom is 2.00 e. The minimum atomic E-state index is -1.20. The van der Waals surface area contributed by atoms with Crippen LogP contribution in [0.1, 0.15) is 136 Å². The van der Waals surface area contributed by atoms with Gasteiger partial charge in [0, 0.05) is 5.56 Å². The Hall–Kier alpha value is -1.76. The van der Waals surface area contributed by atoms with Gasteiger partial charge in [0.1, 0.15) is 5.75 Å². The number of carboxylic acid groups (broad SMARTS) is 2. The molecule has 0 saturated carbocycles. The molecule has 0 heterocycles. The average molecular weight is 567 g/mol. The maximum absolute atomic E-state index is 11.3. The first kappa shape index (κ1) is 37.2. The second-order valence-electron chi connectivity index (χ2n) is 10.00.